The first-order valence-corrected chi connectivity index (χ1v) is 6.67. The molecule has 1 rings (SSSR count). The van der Waals surface area contributed by atoms with E-state index < -0.39 is 23.6 Å². The van der Waals surface area contributed by atoms with Crippen molar-refractivity contribution in [1.82, 2.24) is 5.32 Å². The number of carbonyl (C=O) groups excluding carboxylic acids is 1. The first kappa shape index (κ1) is 15.6. The summed E-state index contributed by atoms with van der Waals surface area (Å²) in [6.45, 7) is 1.93. The minimum absolute atomic E-state index is 0.0272. The highest BCUT2D eigenvalue weighted by atomic mass is 79.9. The topological polar surface area (TPSA) is 66.4 Å². The van der Waals surface area contributed by atoms with Crippen molar-refractivity contribution in [1.29, 1.82) is 0 Å². The van der Waals surface area contributed by atoms with E-state index in [1.807, 2.05) is 0 Å². The number of nitrogens with one attached hydrogen (secondary N) is 1. The predicted octanol–water partition coefficient (Wildman–Crippen LogP) is 2.82. The van der Waals surface area contributed by atoms with Gasteiger partial charge in [0.15, 0.2) is 0 Å². The quantitative estimate of drug-likeness (QED) is 0.787. The van der Waals surface area contributed by atoms with Crippen molar-refractivity contribution in [2.24, 2.45) is 5.92 Å². The van der Waals surface area contributed by atoms with Gasteiger partial charge in [-0.15, -0.1) is 0 Å². The molecule has 1 aromatic carbocycles. The van der Waals surface area contributed by atoms with Gasteiger partial charge in [-0.2, -0.15) is 0 Å². The summed E-state index contributed by atoms with van der Waals surface area (Å²) >= 11 is 3.01. The molecule has 0 radical (unpaired) electrons. The molecule has 0 bridgehead atoms. The lowest BCUT2D eigenvalue weighted by Gasteiger charge is -2.08. The Kier molecular flexibility index (Phi) is 5.95. The third-order valence-electron chi connectivity index (χ3n) is 2.72. The molecule has 1 atom stereocenters. The fourth-order valence-electron chi connectivity index (χ4n) is 1.51. The van der Waals surface area contributed by atoms with Crippen LogP contribution in [0.5, 0.6) is 0 Å². The molecule has 19 heavy (non-hydrogen) atoms. The summed E-state index contributed by atoms with van der Waals surface area (Å²) < 4.78 is 13.8. The van der Waals surface area contributed by atoms with E-state index in [1.54, 1.807) is 13.0 Å². The summed E-state index contributed by atoms with van der Waals surface area (Å²) in [5.41, 5.74) is -0.0272. The maximum atomic E-state index is 13.6. The minimum atomic E-state index is -0.857. The normalized spacial score (nSPS) is 11.9. The summed E-state index contributed by atoms with van der Waals surface area (Å²) in [5.74, 6) is -2.40. The fraction of sp³-hybridized carbons (Fsp3) is 0.385. The Balaban J connectivity index is 2.44. The van der Waals surface area contributed by atoms with Crippen LogP contribution in [-0.4, -0.2) is 23.5 Å². The molecule has 0 saturated carbocycles. The second-order valence-corrected chi connectivity index (χ2v) is 5.09. The van der Waals surface area contributed by atoms with Gasteiger partial charge in [-0.3, -0.25) is 9.59 Å². The van der Waals surface area contributed by atoms with Gasteiger partial charge in [0.25, 0.3) is 5.91 Å². The van der Waals surface area contributed by atoms with Crippen LogP contribution in [0, 0.1) is 11.7 Å². The predicted molar refractivity (Wildman–Crippen MR) is 72.5 cm³/mol. The zero-order valence-corrected chi connectivity index (χ0v) is 12.0. The maximum Gasteiger partial charge on any atom is 0.306 e. The van der Waals surface area contributed by atoms with E-state index in [1.165, 1.54) is 12.1 Å². The number of halogens is 2. The van der Waals surface area contributed by atoms with E-state index >= 15 is 0 Å². The SMILES string of the molecule is CC(CCCNC(=O)c1cccc(Br)c1F)C(=O)O. The molecule has 1 unspecified atom stereocenters. The Morgan fingerprint density at radius 2 is 2.16 bits per heavy atom. The second-order valence-electron chi connectivity index (χ2n) is 4.24. The second kappa shape index (κ2) is 7.23. The molecule has 0 fully saturated rings. The van der Waals surface area contributed by atoms with Gasteiger partial charge < -0.3 is 10.4 Å². The molecule has 0 aromatic heterocycles. The lowest BCUT2D eigenvalue weighted by molar-refractivity contribution is -0.141. The molecule has 1 amide bonds. The van der Waals surface area contributed by atoms with Gasteiger partial charge in [-0.1, -0.05) is 13.0 Å². The summed E-state index contributed by atoms with van der Waals surface area (Å²) in [7, 11) is 0. The highest BCUT2D eigenvalue weighted by Crippen LogP contribution is 2.18. The van der Waals surface area contributed by atoms with Crippen molar-refractivity contribution in [3.8, 4) is 0 Å². The van der Waals surface area contributed by atoms with Crippen molar-refractivity contribution in [3.05, 3.63) is 34.1 Å². The van der Waals surface area contributed by atoms with E-state index in [4.69, 9.17) is 5.11 Å². The number of carboxylic acid groups (broad SMARTS) is 1. The molecule has 1 aromatic rings. The molecule has 4 nitrogen and oxygen atoms in total. The third-order valence-corrected chi connectivity index (χ3v) is 3.33. The molecule has 104 valence electrons. The molecule has 0 aliphatic rings. The van der Waals surface area contributed by atoms with Crippen LogP contribution in [0.2, 0.25) is 0 Å². The number of hydrogen-bond acceptors (Lipinski definition) is 2. The summed E-state index contributed by atoms with van der Waals surface area (Å²) in [4.78, 5) is 22.3. The Bertz CT molecular complexity index is 479. The monoisotopic (exact) mass is 331 g/mol. The van der Waals surface area contributed by atoms with Crippen LogP contribution in [0.4, 0.5) is 4.39 Å². The molecule has 0 aliphatic heterocycles. The van der Waals surface area contributed by atoms with Crippen molar-refractivity contribution in [3.63, 3.8) is 0 Å². The van der Waals surface area contributed by atoms with E-state index in [-0.39, 0.29) is 10.0 Å². The summed E-state index contributed by atoms with van der Waals surface area (Å²) in [5, 5.41) is 11.3. The Hall–Kier alpha value is -1.43. The molecular formula is C13H15BrFNO3. The van der Waals surface area contributed by atoms with Crippen LogP contribution >= 0.6 is 15.9 Å². The highest BCUT2D eigenvalue weighted by Gasteiger charge is 2.14. The number of carboxylic acids is 1. The van der Waals surface area contributed by atoms with Crippen LogP contribution in [0.1, 0.15) is 30.1 Å². The first-order chi connectivity index (χ1) is 8.93. The lowest BCUT2D eigenvalue weighted by Crippen LogP contribution is -2.26. The number of rotatable bonds is 6. The van der Waals surface area contributed by atoms with E-state index in [2.05, 4.69) is 21.2 Å². The molecule has 0 spiro atoms. The van der Waals surface area contributed by atoms with Crippen LogP contribution in [0.25, 0.3) is 0 Å². The van der Waals surface area contributed by atoms with Gasteiger partial charge in [0.05, 0.1) is 16.0 Å². The first-order valence-electron chi connectivity index (χ1n) is 5.88. The van der Waals surface area contributed by atoms with Crippen LogP contribution in [0.3, 0.4) is 0 Å². The number of aliphatic carboxylic acids is 1. The smallest absolute Gasteiger partial charge is 0.306 e. The Morgan fingerprint density at radius 3 is 2.79 bits per heavy atom. The van der Waals surface area contributed by atoms with Gasteiger partial charge in [0.1, 0.15) is 5.82 Å². The van der Waals surface area contributed by atoms with E-state index in [9.17, 15) is 14.0 Å². The number of hydrogen-bond donors (Lipinski definition) is 2. The van der Waals surface area contributed by atoms with Crippen molar-refractivity contribution in [2.45, 2.75) is 19.8 Å². The van der Waals surface area contributed by atoms with Crippen molar-refractivity contribution >= 4 is 27.8 Å². The average molecular weight is 332 g/mol. The number of amides is 1. The number of benzene rings is 1. The standard InChI is InChI=1S/C13H15BrFNO3/c1-8(13(18)19)4-3-7-16-12(17)9-5-2-6-10(14)11(9)15/h2,5-6,8H,3-4,7H2,1H3,(H,16,17)(H,18,19). The zero-order chi connectivity index (χ0) is 14.4. The molecule has 6 heteroatoms. The van der Waals surface area contributed by atoms with E-state index in [0.717, 1.165) is 0 Å². The third kappa shape index (κ3) is 4.63. The highest BCUT2D eigenvalue weighted by molar-refractivity contribution is 9.10. The Morgan fingerprint density at radius 1 is 1.47 bits per heavy atom. The minimum Gasteiger partial charge on any atom is -0.481 e. The van der Waals surface area contributed by atoms with Crippen LogP contribution in [-0.2, 0) is 4.79 Å². The maximum absolute atomic E-state index is 13.6. The molecule has 2 N–H and O–H groups in total. The van der Waals surface area contributed by atoms with Gasteiger partial charge in [0, 0.05) is 6.54 Å². The average Bonchev–Trinajstić information content (AvgIpc) is 2.37. The molecular weight excluding hydrogens is 317 g/mol. The summed E-state index contributed by atoms with van der Waals surface area (Å²) in [6.07, 6.45) is 1.01. The fourth-order valence-corrected chi connectivity index (χ4v) is 1.87. The molecule has 0 saturated heterocycles. The van der Waals surface area contributed by atoms with Gasteiger partial charge in [0.2, 0.25) is 0 Å². The van der Waals surface area contributed by atoms with Crippen molar-refractivity contribution in [2.75, 3.05) is 6.54 Å². The van der Waals surface area contributed by atoms with Gasteiger partial charge in [-0.25, -0.2) is 4.39 Å². The van der Waals surface area contributed by atoms with Crippen LogP contribution in [0.15, 0.2) is 22.7 Å². The van der Waals surface area contributed by atoms with Crippen molar-refractivity contribution < 1.29 is 19.1 Å². The lowest BCUT2D eigenvalue weighted by atomic mass is 10.1. The van der Waals surface area contributed by atoms with Gasteiger partial charge in [-0.05, 0) is 40.9 Å². The molecule has 0 heterocycles. The largest absolute Gasteiger partial charge is 0.481 e. The van der Waals surface area contributed by atoms with Crippen LogP contribution < -0.4 is 5.32 Å². The Labute approximate surface area is 119 Å². The zero-order valence-electron chi connectivity index (χ0n) is 10.5. The summed E-state index contributed by atoms with van der Waals surface area (Å²) in [6, 6.07) is 4.49. The van der Waals surface area contributed by atoms with Gasteiger partial charge >= 0.3 is 5.97 Å². The number of carbonyl (C=O) groups is 2. The van der Waals surface area contributed by atoms with E-state index in [0.29, 0.717) is 19.4 Å². The molecule has 0 aliphatic carbocycles.